The van der Waals surface area contributed by atoms with Gasteiger partial charge in [0.05, 0.1) is 21.8 Å². The lowest BCUT2D eigenvalue weighted by Gasteiger charge is -2.08. The summed E-state index contributed by atoms with van der Waals surface area (Å²) in [5, 5.41) is 0.579. The molecule has 1 aromatic heterocycles. The average Bonchev–Trinajstić information content (AvgIpc) is 2.77. The zero-order valence-electron chi connectivity index (χ0n) is 10.6. The van der Waals surface area contributed by atoms with Crippen molar-refractivity contribution in [3.63, 3.8) is 0 Å². The molecule has 0 bridgehead atoms. The summed E-state index contributed by atoms with van der Waals surface area (Å²) < 4.78 is 8.36. The van der Waals surface area contributed by atoms with Gasteiger partial charge in [0.25, 0.3) is 0 Å². The van der Waals surface area contributed by atoms with Crippen LogP contribution in [0, 0.1) is 0 Å². The minimum atomic E-state index is 0.0361. The van der Waals surface area contributed by atoms with Crippen LogP contribution in [0.25, 0.3) is 10.2 Å². The molecule has 0 radical (unpaired) electrons. The summed E-state index contributed by atoms with van der Waals surface area (Å²) in [7, 11) is 0. The molecular weight excluding hydrogens is 294 g/mol. The molecule has 2 aromatic carbocycles. The molecule has 0 aliphatic heterocycles. The Kier molecular flexibility index (Phi) is 3.76. The Balaban J connectivity index is 1.76. The number of aromatic nitrogens is 1. The van der Waals surface area contributed by atoms with Crippen molar-refractivity contribution in [2.75, 3.05) is 6.61 Å². The number of thiazole rings is 1. The van der Waals surface area contributed by atoms with E-state index in [0.717, 1.165) is 10.2 Å². The van der Waals surface area contributed by atoms with Crippen molar-refractivity contribution in [3.8, 4) is 5.75 Å². The second-order valence-corrected chi connectivity index (χ2v) is 5.67. The van der Waals surface area contributed by atoms with Gasteiger partial charge < -0.3 is 4.74 Å². The molecule has 0 spiro atoms. The van der Waals surface area contributed by atoms with Gasteiger partial charge in [-0.15, -0.1) is 0 Å². The lowest BCUT2D eigenvalue weighted by atomic mass is 10.3. The van der Waals surface area contributed by atoms with Crippen LogP contribution in [0.4, 0.5) is 0 Å². The van der Waals surface area contributed by atoms with Crippen LogP contribution in [0.5, 0.6) is 5.75 Å². The number of ether oxygens (including phenoxy) is 1. The standard InChI is InChI=1S/C15H12ClNO2S/c16-11-5-1-3-7-13(11)19-10-9-17-12-6-2-4-8-14(12)20-15(17)18/h1-8H,9-10H2. The summed E-state index contributed by atoms with van der Waals surface area (Å²) in [4.78, 5) is 12.0. The first kappa shape index (κ1) is 13.2. The first-order chi connectivity index (χ1) is 9.75. The van der Waals surface area contributed by atoms with Crippen LogP contribution in [-0.4, -0.2) is 11.2 Å². The number of hydrogen-bond acceptors (Lipinski definition) is 3. The molecule has 0 aliphatic rings. The molecule has 0 amide bonds. The number of fused-ring (bicyclic) bond motifs is 1. The lowest BCUT2D eigenvalue weighted by Crippen LogP contribution is -2.17. The number of para-hydroxylation sites is 2. The second kappa shape index (κ2) is 5.69. The van der Waals surface area contributed by atoms with Crippen molar-refractivity contribution < 1.29 is 4.74 Å². The largest absolute Gasteiger partial charge is 0.490 e. The van der Waals surface area contributed by atoms with Crippen molar-refractivity contribution in [2.24, 2.45) is 0 Å². The molecule has 0 saturated carbocycles. The van der Waals surface area contributed by atoms with E-state index in [0.29, 0.717) is 23.9 Å². The van der Waals surface area contributed by atoms with Gasteiger partial charge in [0.15, 0.2) is 0 Å². The Morgan fingerprint density at radius 1 is 1.10 bits per heavy atom. The van der Waals surface area contributed by atoms with Crippen LogP contribution >= 0.6 is 22.9 Å². The Morgan fingerprint density at radius 2 is 1.85 bits per heavy atom. The van der Waals surface area contributed by atoms with Gasteiger partial charge >= 0.3 is 4.87 Å². The Morgan fingerprint density at radius 3 is 2.70 bits per heavy atom. The van der Waals surface area contributed by atoms with Crippen LogP contribution in [0.2, 0.25) is 5.02 Å². The van der Waals surface area contributed by atoms with E-state index >= 15 is 0 Å². The highest BCUT2D eigenvalue weighted by Crippen LogP contribution is 2.23. The second-order valence-electron chi connectivity index (χ2n) is 4.27. The molecule has 0 saturated heterocycles. The summed E-state index contributed by atoms with van der Waals surface area (Å²) in [5.41, 5.74) is 0.949. The van der Waals surface area contributed by atoms with Crippen molar-refractivity contribution in [1.82, 2.24) is 4.57 Å². The van der Waals surface area contributed by atoms with E-state index < -0.39 is 0 Å². The van der Waals surface area contributed by atoms with Gasteiger partial charge in [-0.1, -0.05) is 47.2 Å². The molecule has 0 unspecified atom stereocenters. The van der Waals surface area contributed by atoms with Crippen LogP contribution in [0.3, 0.4) is 0 Å². The molecule has 0 aliphatic carbocycles. The average molecular weight is 306 g/mol. The number of hydrogen-bond donors (Lipinski definition) is 0. The third kappa shape index (κ3) is 2.57. The predicted molar refractivity (Wildman–Crippen MR) is 83.0 cm³/mol. The number of halogens is 1. The van der Waals surface area contributed by atoms with Crippen molar-refractivity contribution >= 4 is 33.2 Å². The van der Waals surface area contributed by atoms with E-state index in [4.69, 9.17) is 16.3 Å². The third-order valence-corrected chi connectivity index (χ3v) is 4.26. The first-order valence-electron chi connectivity index (χ1n) is 6.21. The van der Waals surface area contributed by atoms with Crippen molar-refractivity contribution in [1.29, 1.82) is 0 Å². The summed E-state index contributed by atoms with van der Waals surface area (Å²) in [6, 6.07) is 15.1. The van der Waals surface area contributed by atoms with Gasteiger partial charge in [-0.2, -0.15) is 0 Å². The molecule has 3 aromatic rings. The molecule has 0 N–H and O–H groups in total. The SMILES string of the molecule is O=c1sc2ccccc2n1CCOc1ccccc1Cl. The van der Waals surface area contributed by atoms with Gasteiger partial charge in [-0.25, -0.2) is 0 Å². The molecule has 0 fully saturated rings. The van der Waals surface area contributed by atoms with Crippen LogP contribution in [-0.2, 0) is 6.54 Å². The quantitative estimate of drug-likeness (QED) is 0.734. The van der Waals surface area contributed by atoms with Gasteiger partial charge in [0.1, 0.15) is 12.4 Å². The van der Waals surface area contributed by atoms with Gasteiger partial charge in [0, 0.05) is 0 Å². The maximum Gasteiger partial charge on any atom is 0.308 e. The highest BCUT2D eigenvalue weighted by Gasteiger charge is 2.07. The normalized spacial score (nSPS) is 10.8. The number of nitrogens with zero attached hydrogens (tertiary/aromatic N) is 1. The minimum Gasteiger partial charge on any atom is -0.490 e. The fourth-order valence-electron chi connectivity index (χ4n) is 2.03. The van der Waals surface area contributed by atoms with Crippen LogP contribution in [0.1, 0.15) is 0 Å². The van der Waals surface area contributed by atoms with E-state index in [2.05, 4.69) is 0 Å². The van der Waals surface area contributed by atoms with E-state index in [1.54, 1.807) is 10.6 Å². The molecule has 3 nitrogen and oxygen atoms in total. The summed E-state index contributed by atoms with van der Waals surface area (Å²) in [5.74, 6) is 0.641. The Labute approximate surface area is 125 Å². The fourth-order valence-corrected chi connectivity index (χ4v) is 3.14. The first-order valence-corrected chi connectivity index (χ1v) is 7.41. The smallest absolute Gasteiger partial charge is 0.308 e. The van der Waals surface area contributed by atoms with Gasteiger partial charge in [-0.05, 0) is 24.3 Å². The molecule has 5 heteroatoms. The maximum atomic E-state index is 11.9. The monoisotopic (exact) mass is 305 g/mol. The zero-order chi connectivity index (χ0) is 13.9. The molecule has 1 heterocycles. The maximum absolute atomic E-state index is 11.9. The minimum absolute atomic E-state index is 0.0361. The summed E-state index contributed by atoms with van der Waals surface area (Å²) >= 11 is 7.27. The van der Waals surface area contributed by atoms with E-state index in [9.17, 15) is 4.79 Å². The highest BCUT2D eigenvalue weighted by atomic mass is 35.5. The Bertz CT molecular complexity index is 794. The van der Waals surface area contributed by atoms with Crippen molar-refractivity contribution in [2.45, 2.75) is 6.54 Å². The lowest BCUT2D eigenvalue weighted by molar-refractivity contribution is 0.299. The molecule has 102 valence electrons. The zero-order valence-corrected chi connectivity index (χ0v) is 12.2. The topological polar surface area (TPSA) is 31.2 Å². The van der Waals surface area contributed by atoms with Crippen LogP contribution in [0.15, 0.2) is 53.3 Å². The number of benzene rings is 2. The number of rotatable bonds is 4. The fraction of sp³-hybridized carbons (Fsp3) is 0.133. The van der Waals surface area contributed by atoms with Crippen LogP contribution < -0.4 is 9.61 Å². The summed E-state index contributed by atoms with van der Waals surface area (Å²) in [6.07, 6.45) is 0. The van der Waals surface area contributed by atoms with E-state index in [1.165, 1.54) is 11.3 Å². The predicted octanol–water partition coefficient (Wildman–Crippen LogP) is 3.80. The molecular formula is C15H12ClNO2S. The van der Waals surface area contributed by atoms with E-state index in [-0.39, 0.29) is 4.87 Å². The highest BCUT2D eigenvalue weighted by molar-refractivity contribution is 7.16. The summed E-state index contributed by atoms with van der Waals surface area (Å²) in [6.45, 7) is 0.915. The van der Waals surface area contributed by atoms with Crippen molar-refractivity contribution in [3.05, 3.63) is 63.2 Å². The van der Waals surface area contributed by atoms with Gasteiger partial charge in [-0.3, -0.25) is 9.36 Å². The molecule has 3 rings (SSSR count). The molecule has 20 heavy (non-hydrogen) atoms. The Hall–Kier alpha value is -1.78. The molecule has 0 atom stereocenters. The van der Waals surface area contributed by atoms with Gasteiger partial charge in [0.2, 0.25) is 0 Å². The van der Waals surface area contributed by atoms with E-state index in [1.807, 2.05) is 42.5 Å². The third-order valence-electron chi connectivity index (χ3n) is 2.98.